The van der Waals surface area contributed by atoms with Crippen molar-refractivity contribution in [1.29, 1.82) is 0 Å². The Labute approximate surface area is 178 Å². The second-order valence-corrected chi connectivity index (χ2v) is 7.79. The average molecular weight is 423 g/mol. The predicted octanol–water partition coefficient (Wildman–Crippen LogP) is 5.05. The highest BCUT2D eigenvalue weighted by molar-refractivity contribution is 7.16. The summed E-state index contributed by atoms with van der Waals surface area (Å²) in [5, 5.41) is 6.14. The maximum atomic E-state index is 13.0. The van der Waals surface area contributed by atoms with Gasteiger partial charge in [0.15, 0.2) is 0 Å². The monoisotopic (exact) mass is 422 g/mol. The van der Waals surface area contributed by atoms with E-state index in [4.69, 9.17) is 4.74 Å². The maximum Gasteiger partial charge on any atom is 0.338 e. The number of amides is 2. The van der Waals surface area contributed by atoms with E-state index in [1.165, 1.54) is 11.3 Å². The maximum absolute atomic E-state index is 13.0. The molecule has 1 aromatic heterocycles. The summed E-state index contributed by atoms with van der Waals surface area (Å²) in [6.45, 7) is 5.74. The molecule has 2 N–H and O–H groups in total. The molecule has 0 radical (unpaired) electrons. The quantitative estimate of drug-likeness (QED) is 0.545. The zero-order valence-electron chi connectivity index (χ0n) is 16.9. The number of hydrogen-bond acceptors (Lipinski definition) is 5. The van der Waals surface area contributed by atoms with E-state index in [1.807, 2.05) is 19.9 Å². The van der Waals surface area contributed by atoms with Gasteiger partial charge in [-0.2, -0.15) is 0 Å². The van der Waals surface area contributed by atoms with Crippen molar-refractivity contribution in [3.63, 3.8) is 0 Å². The number of carbonyl (C=O) groups excluding carboxylic acids is 3. The molecule has 7 heteroatoms. The van der Waals surface area contributed by atoms with Crippen LogP contribution in [0.2, 0.25) is 0 Å². The first-order chi connectivity index (χ1) is 14.4. The normalized spacial score (nSPS) is 10.4. The number of ether oxygens (including phenoxy) is 1. The van der Waals surface area contributed by atoms with Crippen molar-refractivity contribution in [2.75, 3.05) is 17.2 Å². The van der Waals surface area contributed by atoms with Crippen LogP contribution in [0.3, 0.4) is 0 Å². The molecule has 0 unspecified atom stereocenters. The molecule has 0 atom stereocenters. The molecule has 0 spiro atoms. The molecule has 0 aliphatic rings. The molecule has 0 aliphatic heterocycles. The number of aryl methyl sites for hydroxylation is 1. The highest BCUT2D eigenvalue weighted by Gasteiger charge is 2.22. The Bertz CT molecular complexity index is 1090. The summed E-state index contributed by atoms with van der Waals surface area (Å²) in [6, 6.07) is 15.4. The molecule has 0 fully saturated rings. The summed E-state index contributed by atoms with van der Waals surface area (Å²) >= 11 is 1.35. The first-order valence-corrected chi connectivity index (χ1v) is 10.3. The molecule has 30 heavy (non-hydrogen) atoms. The van der Waals surface area contributed by atoms with Gasteiger partial charge >= 0.3 is 5.97 Å². The minimum atomic E-state index is -0.452. The van der Waals surface area contributed by atoms with E-state index in [1.54, 1.807) is 55.5 Å². The predicted molar refractivity (Wildman–Crippen MR) is 119 cm³/mol. The smallest absolute Gasteiger partial charge is 0.338 e. The number of benzene rings is 2. The van der Waals surface area contributed by atoms with Gasteiger partial charge in [-0.25, -0.2) is 4.79 Å². The van der Waals surface area contributed by atoms with Gasteiger partial charge in [-0.15, -0.1) is 11.3 Å². The van der Waals surface area contributed by atoms with E-state index in [-0.39, 0.29) is 18.4 Å². The van der Waals surface area contributed by atoms with Crippen molar-refractivity contribution in [3.8, 4) is 0 Å². The molecule has 3 rings (SSSR count). The van der Waals surface area contributed by atoms with E-state index < -0.39 is 5.97 Å². The van der Waals surface area contributed by atoms with Crippen molar-refractivity contribution in [3.05, 3.63) is 81.7 Å². The van der Waals surface area contributed by atoms with Crippen LogP contribution < -0.4 is 10.6 Å². The standard InChI is InChI=1S/C23H22N2O4S/c1-4-29-23(28)17-11-8-12-18(13-17)24-21(27)19-14(2)15(3)30-22(19)25-20(26)16-9-6-5-7-10-16/h5-13H,4H2,1-3H3,(H,24,27)(H,25,26). The Morgan fingerprint density at radius 3 is 2.30 bits per heavy atom. The lowest BCUT2D eigenvalue weighted by atomic mass is 10.1. The summed E-state index contributed by atoms with van der Waals surface area (Å²) in [4.78, 5) is 38.5. The number of carbonyl (C=O) groups is 3. The fourth-order valence-corrected chi connectivity index (χ4v) is 3.94. The topological polar surface area (TPSA) is 84.5 Å². The highest BCUT2D eigenvalue weighted by Crippen LogP contribution is 2.33. The third-order valence-corrected chi connectivity index (χ3v) is 5.63. The van der Waals surface area contributed by atoms with E-state index >= 15 is 0 Å². The zero-order valence-corrected chi connectivity index (χ0v) is 17.8. The SMILES string of the molecule is CCOC(=O)c1cccc(NC(=O)c2c(NC(=O)c3ccccc3)sc(C)c2C)c1. The fourth-order valence-electron chi connectivity index (χ4n) is 2.89. The Morgan fingerprint density at radius 2 is 1.60 bits per heavy atom. The summed E-state index contributed by atoms with van der Waals surface area (Å²) in [7, 11) is 0. The number of thiophene rings is 1. The largest absolute Gasteiger partial charge is 0.462 e. The van der Waals surface area contributed by atoms with Gasteiger partial charge in [0.2, 0.25) is 0 Å². The second kappa shape index (κ2) is 9.37. The van der Waals surface area contributed by atoms with Crippen molar-refractivity contribution >= 4 is 39.8 Å². The van der Waals surface area contributed by atoms with Crippen LogP contribution in [-0.4, -0.2) is 24.4 Å². The van der Waals surface area contributed by atoms with Crippen LogP contribution >= 0.6 is 11.3 Å². The van der Waals surface area contributed by atoms with Gasteiger partial charge in [0.25, 0.3) is 11.8 Å². The molecule has 0 saturated heterocycles. The number of hydrogen-bond donors (Lipinski definition) is 2. The van der Waals surface area contributed by atoms with Crippen LogP contribution in [0.5, 0.6) is 0 Å². The minimum absolute atomic E-state index is 0.271. The van der Waals surface area contributed by atoms with Gasteiger partial charge < -0.3 is 15.4 Å². The molecule has 0 bridgehead atoms. The van der Waals surface area contributed by atoms with E-state index in [9.17, 15) is 14.4 Å². The highest BCUT2D eigenvalue weighted by atomic mass is 32.1. The minimum Gasteiger partial charge on any atom is -0.462 e. The van der Waals surface area contributed by atoms with E-state index in [0.717, 1.165) is 10.4 Å². The Kier molecular flexibility index (Phi) is 6.64. The lowest BCUT2D eigenvalue weighted by Gasteiger charge is -2.10. The number of anilines is 2. The number of nitrogens with one attached hydrogen (secondary N) is 2. The van der Waals surface area contributed by atoms with Gasteiger partial charge in [-0.3, -0.25) is 9.59 Å². The van der Waals surface area contributed by atoms with Crippen LogP contribution in [0.4, 0.5) is 10.7 Å². The Morgan fingerprint density at radius 1 is 0.900 bits per heavy atom. The molecular formula is C23H22N2O4S. The van der Waals surface area contributed by atoms with Crippen molar-refractivity contribution < 1.29 is 19.1 Å². The van der Waals surface area contributed by atoms with Gasteiger partial charge in [-0.1, -0.05) is 24.3 Å². The Balaban J connectivity index is 1.84. The van der Waals surface area contributed by atoms with E-state index in [2.05, 4.69) is 10.6 Å². The summed E-state index contributed by atoms with van der Waals surface area (Å²) < 4.78 is 5.00. The molecular weight excluding hydrogens is 400 g/mol. The Hall–Kier alpha value is -3.45. The van der Waals surface area contributed by atoms with Crippen LogP contribution in [-0.2, 0) is 4.74 Å². The van der Waals surface area contributed by atoms with E-state index in [0.29, 0.717) is 27.4 Å². The number of rotatable bonds is 6. The van der Waals surface area contributed by atoms with Crippen molar-refractivity contribution in [2.24, 2.45) is 0 Å². The molecule has 6 nitrogen and oxygen atoms in total. The van der Waals surface area contributed by atoms with Crippen LogP contribution in [0.1, 0.15) is 48.4 Å². The van der Waals surface area contributed by atoms with Crippen LogP contribution in [0.15, 0.2) is 54.6 Å². The zero-order chi connectivity index (χ0) is 21.7. The second-order valence-electron chi connectivity index (χ2n) is 6.56. The lowest BCUT2D eigenvalue weighted by Crippen LogP contribution is -2.17. The van der Waals surface area contributed by atoms with Gasteiger partial charge in [0.05, 0.1) is 17.7 Å². The average Bonchev–Trinajstić information content (AvgIpc) is 3.02. The molecule has 2 aromatic carbocycles. The third kappa shape index (κ3) is 4.75. The van der Waals surface area contributed by atoms with Crippen molar-refractivity contribution in [2.45, 2.75) is 20.8 Å². The molecule has 2 amide bonds. The third-order valence-electron chi connectivity index (χ3n) is 4.51. The fraction of sp³-hybridized carbons (Fsp3) is 0.174. The molecule has 3 aromatic rings. The molecule has 0 saturated carbocycles. The summed E-state index contributed by atoms with van der Waals surface area (Å²) in [6.07, 6.45) is 0. The number of esters is 1. The lowest BCUT2D eigenvalue weighted by molar-refractivity contribution is 0.0526. The van der Waals surface area contributed by atoms with Crippen molar-refractivity contribution in [1.82, 2.24) is 0 Å². The molecule has 154 valence electrons. The first-order valence-electron chi connectivity index (χ1n) is 9.45. The van der Waals surface area contributed by atoms with Crippen LogP contribution in [0, 0.1) is 13.8 Å². The molecule has 1 heterocycles. The molecule has 0 aliphatic carbocycles. The summed E-state index contributed by atoms with van der Waals surface area (Å²) in [5.74, 6) is -1.09. The van der Waals surface area contributed by atoms with Gasteiger partial charge in [0, 0.05) is 16.1 Å². The van der Waals surface area contributed by atoms with Crippen LogP contribution in [0.25, 0.3) is 0 Å². The van der Waals surface area contributed by atoms with Gasteiger partial charge in [0.1, 0.15) is 5.00 Å². The first kappa shape index (κ1) is 21.3. The summed E-state index contributed by atoms with van der Waals surface area (Å²) in [5.41, 5.74) is 2.53. The van der Waals surface area contributed by atoms with Gasteiger partial charge in [-0.05, 0) is 56.7 Å².